The summed E-state index contributed by atoms with van der Waals surface area (Å²) in [4.78, 5) is 0. The SMILES string of the molecule is CC(C)CCOCCNS(=O)(=O)C(C)CNC(C)C. The second-order valence-corrected chi connectivity index (χ2v) is 7.79. The molecule has 2 N–H and O–H groups in total. The fraction of sp³-hybridized carbons (Fsp3) is 1.00. The highest BCUT2D eigenvalue weighted by Gasteiger charge is 2.19. The van der Waals surface area contributed by atoms with Gasteiger partial charge in [0.1, 0.15) is 0 Å². The molecular formula is C13H30N2O3S. The highest BCUT2D eigenvalue weighted by atomic mass is 32.2. The van der Waals surface area contributed by atoms with Crippen molar-refractivity contribution < 1.29 is 13.2 Å². The molecular weight excluding hydrogens is 264 g/mol. The van der Waals surface area contributed by atoms with E-state index < -0.39 is 15.3 Å². The van der Waals surface area contributed by atoms with Crippen molar-refractivity contribution in [1.82, 2.24) is 10.0 Å². The molecule has 0 radical (unpaired) electrons. The molecule has 0 bridgehead atoms. The predicted octanol–water partition coefficient (Wildman–Crippen LogP) is 1.36. The number of hydrogen-bond donors (Lipinski definition) is 2. The van der Waals surface area contributed by atoms with Gasteiger partial charge in [-0.1, -0.05) is 27.7 Å². The molecule has 0 aromatic rings. The zero-order valence-electron chi connectivity index (χ0n) is 12.9. The van der Waals surface area contributed by atoms with Gasteiger partial charge in [0.2, 0.25) is 10.0 Å². The highest BCUT2D eigenvalue weighted by Crippen LogP contribution is 1.99. The lowest BCUT2D eigenvalue weighted by atomic mass is 10.1. The van der Waals surface area contributed by atoms with Crippen molar-refractivity contribution >= 4 is 10.0 Å². The lowest BCUT2D eigenvalue weighted by Crippen LogP contribution is -2.41. The zero-order valence-corrected chi connectivity index (χ0v) is 13.7. The van der Waals surface area contributed by atoms with Gasteiger partial charge in [0.25, 0.3) is 0 Å². The van der Waals surface area contributed by atoms with Crippen LogP contribution in [0.25, 0.3) is 0 Å². The van der Waals surface area contributed by atoms with Gasteiger partial charge in [-0.25, -0.2) is 13.1 Å². The van der Waals surface area contributed by atoms with Crippen molar-refractivity contribution in [2.75, 3.05) is 26.3 Å². The molecule has 0 amide bonds. The van der Waals surface area contributed by atoms with Crippen LogP contribution in [0.1, 0.15) is 41.0 Å². The molecule has 0 aromatic heterocycles. The largest absolute Gasteiger partial charge is 0.380 e. The van der Waals surface area contributed by atoms with E-state index in [1.807, 2.05) is 13.8 Å². The fourth-order valence-corrected chi connectivity index (χ4v) is 2.30. The third-order valence-corrected chi connectivity index (χ3v) is 4.57. The minimum atomic E-state index is -3.25. The molecule has 0 rings (SSSR count). The predicted molar refractivity (Wildman–Crippen MR) is 79.8 cm³/mol. The van der Waals surface area contributed by atoms with E-state index in [0.29, 0.717) is 32.2 Å². The van der Waals surface area contributed by atoms with Gasteiger partial charge in [0.15, 0.2) is 0 Å². The van der Waals surface area contributed by atoms with Crippen molar-refractivity contribution in [1.29, 1.82) is 0 Å². The maximum absolute atomic E-state index is 11.9. The lowest BCUT2D eigenvalue weighted by molar-refractivity contribution is 0.128. The van der Waals surface area contributed by atoms with E-state index >= 15 is 0 Å². The number of nitrogens with one attached hydrogen (secondary N) is 2. The summed E-state index contributed by atoms with van der Waals surface area (Å²) in [5.74, 6) is 0.610. The molecule has 6 heteroatoms. The summed E-state index contributed by atoms with van der Waals surface area (Å²) < 4.78 is 31.7. The molecule has 0 heterocycles. The molecule has 0 spiro atoms. The second kappa shape index (κ2) is 9.69. The van der Waals surface area contributed by atoms with Crippen LogP contribution in [-0.2, 0) is 14.8 Å². The third-order valence-electron chi connectivity index (χ3n) is 2.73. The summed E-state index contributed by atoms with van der Waals surface area (Å²) in [7, 11) is -3.25. The Morgan fingerprint density at radius 3 is 2.21 bits per heavy atom. The standard InChI is InChI=1S/C13H30N2O3S/c1-11(2)6-8-18-9-7-15-19(16,17)13(5)10-14-12(3)4/h11-15H,6-10H2,1-5H3. The maximum Gasteiger partial charge on any atom is 0.215 e. The molecule has 5 nitrogen and oxygen atoms in total. The van der Waals surface area contributed by atoms with Crippen LogP contribution in [0.15, 0.2) is 0 Å². The molecule has 0 aliphatic carbocycles. The molecule has 0 saturated heterocycles. The lowest BCUT2D eigenvalue weighted by Gasteiger charge is -2.16. The van der Waals surface area contributed by atoms with Gasteiger partial charge in [-0.3, -0.25) is 0 Å². The van der Waals surface area contributed by atoms with E-state index in [1.165, 1.54) is 0 Å². The Balaban J connectivity index is 3.78. The number of ether oxygens (including phenoxy) is 1. The molecule has 1 unspecified atom stereocenters. The quantitative estimate of drug-likeness (QED) is 0.565. The molecule has 0 aromatic carbocycles. The van der Waals surface area contributed by atoms with Gasteiger partial charge in [0.05, 0.1) is 11.9 Å². The molecule has 0 saturated carbocycles. The minimum absolute atomic E-state index is 0.289. The van der Waals surface area contributed by atoms with Crippen LogP contribution in [0, 0.1) is 5.92 Å². The maximum atomic E-state index is 11.9. The molecule has 19 heavy (non-hydrogen) atoms. The van der Waals surface area contributed by atoms with Crippen molar-refractivity contribution in [3.63, 3.8) is 0 Å². The van der Waals surface area contributed by atoms with E-state index in [4.69, 9.17) is 4.74 Å². The molecule has 1 atom stereocenters. The van der Waals surface area contributed by atoms with Gasteiger partial charge < -0.3 is 10.1 Å². The Bertz CT molecular complexity index is 316. The first-order valence-corrected chi connectivity index (χ1v) is 8.60. The second-order valence-electron chi connectivity index (χ2n) is 5.61. The van der Waals surface area contributed by atoms with Crippen molar-refractivity contribution in [3.8, 4) is 0 Å². The molecule has 0 aliphatic heterocycles. The van der Waals surface area contributed by atoms with Gasteiger partial charge in [-0.2, -0.15) is 0 Å². The number of rotatable bonds is 11. The van der Waals surface area contributed by atoms with Crippen LogP contribution >= 0.6 is 0 Å². The van der Waals surface area contributed by atoms with Crippen LogP contribution in [0.3, 0.4) is 0 Å². The van der Waals surface area contributed by atoms with E-state index in [0.717, 1.165) is 6.42 Å². The van der Waals surface area contributed by atoms with E-state index in [1.54, 1.807) is 6.92 Å². The van der Waals surface area contributed by atoms with Crippen LogP contribution in [0.2, 0.25) is 0 Å². The van der Waals surface area contributed by atoms with Gasteiger partial charge in [0, 0.05) is 25.7 Å². The van der Waals surface area contributed by atoms with E-state index in [9.17, 15) is 8.42 Å². The Morgan fingerprint density at radius 1 is 1.05 bits per heavy atom. The highest BCUT2D eigenvalue weighted by molar-refractivity contribution is 7.90. The van der Waals surface area contributed by atoms with Crippen molar-refractivity contribution in [2.24, 2.45) is 5.92 Å². The van der Waals surface area contributed by atoms with Gasteiger partial charge in [-0.15, -0.1) is 0 Å². The Labute approximate surface area is 118 Å². The summed E-state index contributed by atoms with van der Waals surface area (Å²) in [5.41, 5.74) is 0. The Kier molecular flexibility index (Phi) is 9.60. The smallest absolute Gasteiger partial charge is 0.215 e. The molecule has 0 fully saturated rings. The van der Waals surface area contributed by atoms with Gasteiger partial charge >= 0.3 is 0 Å². The Morgan fingerprint density at radius 2 is 1.68 bits per heavy atom. The first kappa shape index (κ1) is 18.8. The first-order chi connectivity index (χ1) is 8.75. The van der Waals surface area contributed by atoms with Crippen LogP contribution < -0.4 is 10.0 Å². The van der Waals surface area contributed by atoms with E-state index in [-0.39, 0.29) is 6.04 Å². The molecule has 116 valence electrons. The van der Waals surface area contributed by atoms with Crippen molar-refractivity contribution in [3.05, 3.63) is 0 Å². The normalized spacial score (nSPS) is 14.3. The van der Waals surface area contributed by atoms with Gasteiger partial charge in [-0.05, 0) is 19.3 Å². The van der Waals surface area contributed by atoms with Crippen LogP contribution in [0.5, 0.6) is 0 Å². The third kappa shape index (κ3) is 10.3. The summed E-state index contributed by atoms with van der Waals surface area (Å²) in [5, 5.41) is 2.68. The number of hydrogen-bond acceptors (Lipinski definition) is 4. The Hall–Kier alpha value is -0.170. The summed E-state index contributed by atoms with van der Waals surface area (Å²) in [6, 6.07) is 0.289. The average molecular weight is 294 g/mol. The summed E-state index contributed by atoms with van der Waals surface area (Å²) in [6.45, 7) is 11.9. The first-order valence-electron chi connectivity index (χ1n) is 7.05. The van der Waals surface area contributed by atoms with Crippen LogP contribution in [-0.4, -0.2) is 46.0 Å². The van der Waals surface area contributed by atoms with E-state index in [2.05, 4.69) is 23.9 Å². The van der Waals surface area contributed by atoms with Crippen molar-refractivity contribution in [2.45, 2.75) is 52.3 Å². The summed E-state index contributed by atoms with van der Waals surface area (Å²) >= 11 is 0. The van der Waals surface area contributed by atoms with Crippen LogP contribution in [0.4, 0.5) is 0 Å². The fourth-order valence-electron chi connectivity index (χ4n) is 1.33. The molecule has 0 aliphatic rings. The monoisotopic (exact) mass is 294 g/mol. The zero-order chi connectivity index (χ0) is 14.9. The minimum Gasteiger partial charge on any atom is -0.380 e. The average Bonchev–Trinajstić information content (AvgIpc) is 2.29. The summed E-state index contributed by atoms with van der Waals surface area (Å²) in [6.07, 6.45) is 1.00. The topological polar surface area (TPSA) is 67.4 Å². The number of sulfonamides is 1.